The highest BCUT2D eigenvalue weighted by atomic mass is 32.2. The molecule has 0 aliphatic heterocycles. The molecular weight excluding hydrogens is 414 g/mol. The number of amides is 1. The van der Waals surface area contributed by atoms with Crippen LogP contribution < -0.4 is 14.8 Å². The Kier molecular flexibility index (Phi) is 6.91. The Balaban J connectivity index is 1.63. The third kappa shape index (κ3) is 5.47. The van der Waals surface area contributed by atoms with Crippen LogP contribution in [0.1, 0.15) is 39.0 Å². The molecule has 2 aromatic rings. The van der Waals surface area contributed by atoms with E-state index in [2.05, 4.69) is 5.32 Å². The third-order valence-corrected chi connectivity index (χ3v) is 6.33. The molecule has 0 unspecified atom stereocenters. The molecule has 9 heteroatoms. The molecule has 162 valence electrons. The Morgan fingerprint density at radius 1 is 1.03 bits per heavy atom. The number of sulfonamides is 1. The van der Waals surface area contributed by atoms with E-state index in [-0.39, 0.29) is 16.8 Å². The fourth-order valence-electron chi connectivity index (χ4n) is 3.31. The van der Waals surface area contributed by atoms with Gasteiger partial charge in [0.05, 0.1) is 4.90 Å². The summed E-state index contributed by atoms with van der Waals surface area (Å²) < 4.78 is 59.8. The highest BCUT2D eigenvalue weighted by Gasteiger charge is 2.22. The minimum absolute atomic E-state index is 0.162. The molecule has 6 nitrogen and oxygen atoms in total. The predicted molar refractivity (Wildman–Crippen MR) is 109 cm³/mol. The first-order valence-corrected chi connectivity index (χ1v) is 11.3. The summed E-state index contributed by atoms with van der Waals surface area (Å²) in [6, 6.07) is 8.46. The molecule has 1 aliphatic rings. The second-order valence-corrected chi connectivity index (χ2v) is 8.96. The zero-order chi connectivity index (χ0) is 21.7. The van der Waals surface area contributed by atoms with Crippen molar-refractivity contribution in [1.82, 2.24) is 5.32 Å². The van der Waals surface area contributed by atoms with E-state index in [4.69, 9.17) is 4.74 Å². The van der Waals surface area contributed by atoms with Crippen LogP contribution in [0.3, 0.4) is 0 Å². The predicted octanol–water partition coefficient (Wildman–Crippen LogP) is 3.98. The van der Waals surface area contributed by atoms with E-state index in [1.54, 1.807) is 6.92 Å². The van der Waals surface area contributed by atoms with Gasteiger partial charge >= 0.3 is 0 Å². The Bertz CT molecular complexity index is 970. The SMILES string of the molecule is C[C@H](Oc1ccc(S(=O)(=O)Nc2c(F)cccc2F)cc1)C(=O)NC1CCCCC1. The number of rotatable bonds is 7. The molecule has 3 rings (SSSR count). The van der Waals surface area contributed by atoms with Crippen LogP contribution in [0.25, 0.3) is 0 Å². The fraction of sp³-hybridized carbons (Fsp3) is 0.381. The van der Waals surface area contributed by atoms with Crippen molar-refractivity contribution in [3.05, 3.63) is 54.1 Å². The number of hydrogen-bond donors (Lipinski definition) is 2. The normalized spacial score (nSPS) is 16.0. The van der Waals surface area contributed by atoms with E-state index in [0.29, 0.717) is 5.75 Å². The van der Waals surface area contributed by atoms with Crippen LogP contribution in [0.5, 0.6) is 5.75 Å². The van der Waals surface area contributed by atoms with Gasteiger partial charge in [-0.3, -0.25) is 9.52 Å². The topological polar surface area (TPSA) is 84.5 Å². The summed E-state index contributed by atoms with van der Waals surface area (Å²) in [7, 11) is -4.20. The molecule has 30 heavy (non-hydrogen) atoms. The minimum Gasteiger partial charge on any atom is -0.481 e. The number of carbonyl (C=O) groups is 1. The molecule has 2 N–H and O–H groups in total. The van der Waals surface area contributed by atoms with Crippen LogP contribution in [-0.4, -0.2) is 26.5 Å². The van der Waals surface area contributed by atoms with Gasteiger partial charge in [0.25, 0.3) is 15.9 Å². The summed E-state index contributed by atoms with van der Waals surface area (Å²) in [6.07, 6.45) is 4.55. The molecule has 0 saturated heterocycles. The Labute approximate surface area is 174 Å². The van der Waals surface area contributed by atoms with Crippen LogP contribution in [0.2, 0.25) is 0 Å². The van der Waals surface area contributed by atoms with E-state index < -0.39 is 33.4 Å². The average molecular weight is 438 g/mol. The maximum atomic E-state index is 13.7. The molecule has 0 bridgehead atoms. The van der Waals surface area contributed by atoms with Crippen molar-refractivity contribution in [2.45, 2.75) is 56.1 Å². The Morgan fingerprint density at radius 2 is 1.63 bits per heavy atom. The summed E-state index contributed by atoms with van der Waals surface area (Å²) in [4.78, 5) is 12.1. The van der Waals surface area contributed by atoms with Crippen LogP contribution >= 0.6 is 0 Å². The molecule has 1 amide bonds. The van der Waals surface area contributed by atoms with Gasteiger partial charge in [0, 0.05) is 6.04 Å². The van der Waals surface area contributed by atoms with Crippen molar-refractivity contribution in [2.24, 2.45) is 0 Å². The van der Waals surface area contributed by atoms with Gasteiger partial charge in [-0.05, 0) is 56.2 Å². The van der Waals surface area contributed by atoms with Gasteiger partial charge < -0.3 is 10.1 Å². The van der Waals surface area contributed by atoms with Crippen molar-refractivity contribution in [3.8, 4) is 5.75 Å². The van der Waals surface area contributed by atoms with E-state index in [1.807, 2.05) is 4.72 Å². The van der Waals surface area contributed by atoms with E-state index in [1.165, 1.54) is 30.7 Å². The van der Waals surface area contributed by atoms with E-state index in [0.717, 1.165) is 43.9 Å². The summed E-state index contributed by atoms with van der Waals surface area (Å²) in [6.45, 7) is 1.62. The number of benzene rings is 2. The smallest absolute Gasteiger partial charge is 0.262 e. The molecule has 1 saturated carbocycles. The van der Waals surface area contributed by atoms with Crippen LogP contribution in [0, 0.1) is 11.6 Å². The molecule has 0 aromatic heterocycles. The lowest BCUT2D eigenvalue weighted by molar-refractivity contribution is -0.128. The summed E-state index contributed by atoms with van der Waals surface area (Å²) >= 11 is 0. The first kappa shape index (κ1) is 22.0. The van der Waals surface area contributed by atoms with Crippen molar-refractivity contribution in [3.63, 3.8) is 0 Å². The average Bonchev–Trinajstić information content (AvgIpc) is 2.72. The van der Waals surface area contributed by atoms with Crippen LogP contribution in [0.15, 0.2) is 47.4 Å². The quantitative estimate of drug-likeness (QED) is 0.685. The summed E-state index contributed by atoms with van der Waals surface area (Å²) in [5, 5.41) is 2.97. The van der Waals surface area contributed by atoms with Crippen LogP contribution in [-0.2, 0) is 14.8 Å². The first-order chi connectivity index (χ1) is 14.3. The number of halogens is 2. The molecule has 0 spiro atoms. The molecule has 1 fully saturated rings. The number of ether oxygens (including phenoxy) is 1. The highest BCUT2D eigenvalue weighted by Crippen LogP contribution is 2.24. The molecule has 0 heterocycles. The zero-order valence-electron chi connectivity index (χ0n) is 16.5. The number of para-hydroxylation sites is 1. The molecule has 1 atom stereocenters. The number of hydrogen-bond acceptors (Lipinski definition) is 4. The lowest BCUT2D eigenvalue weighted by atomic mass is 9.95. The maximum absolute atomic E-state index is 13.7. The van der Waals surface area contributed by atoms with E-state index in [9.17, 15) is 22.0 Å². The Morgan fingerprint density at radius 3 is 2.23 bits per heavy atom. The van der Waals surface area contributed by atoms with Gasteiger partial charge in [-0.1, -0.05) is 25.3 Å². The van der Waals surface area contributed by atoms with E-state index >= 15 is 0 Å². The second-order valence-electron chi connectivity index (χ2n) is 7.28. The van der Waals surface area contributed by atoms with Crippen molar-refractivity contribution in [2.75, 3.05) is 4.72 Å². The maximum Gasteiger partial charge on any atom is 0.262 e. The minimum atomic E-state index is -4.20. The lowest BCUT2D eigenvalue weighted by Crippen LogP contribution is -2.43. The van der Waals surface area contributed by atoms with Gasteiger partial charge in [0.2, 0.25) is 0 Å². The highest BCUT2D eigenvalue weighted by molar-refractivity contribution is 7.92. The second kappa shape index (κ2) is 9.42. The van der Waals surface area contributed by atoms with Crippen molar-refractivity contribution < 1.29 is 26.7 Å². The van der Waals surface area contributed by atoms with Gasteiger partial charge in [-0.15, -0.1) is 0 Å². The summed E-state index contributed by atoms with van der Waals surface area (Å²) in [5.74, 6) is -1.96. The zero-order valence-corrected chi connectivity index (χ0v) is 17.3. The molecule has 0 radical (unpaired) electrons. The van der Waals surface area contributed by atoms with Gasteiger partial charge in [-0.2, -0.15) is 0 Å². The number of carbonyl (C=O) groups excluding carboxylic acids is 1. The summed E-state index contributed by atoms with van der Waals surface area (Å²) in [5.41, 5.74) is -0.745. The monoisotopic (exact) mass is 438 g/mol. The third-order valence-electron chi connectivity index (χ3n) is 4.97. The standard InChI is InChI=1S/C21H24F2N2O4S/c1-14(21(26)24-15-6-3-2-4-7-15)29-16-10-12-17(13-11-16)30(27,28)25-20-18(22)8-5-9-19(20)23/h5,8-15,25H,2-4,6-7H2,1H3,(H,24,26)/t14-/m0/s1. The van der Waals surface area contributed by atoms with Crippen molar-refractivity contribution >= 4 is 21.6 Å². The van der Waals surface area contributed by atoms with Crippen molar-refractivity contribution in [1.29, 1.82) is 0 Å². The molecular formula is C21H24F2N2O4S. The fourth-order valence-corrected chi connectivity index (χ4v) is 4.39. The Hall–Kier alpha value is -2.68. The van der Waals surface area contributed by atoms with Crippen LogP contribution in [0.4, 0.5) is 14.5 Å². The largest absolute Gasteiger partial charge is 0.481 e. The van der Waals surface area contributed by atoms with Gasteiger partial charge in [0.1, 0.15) is 23.1 Å². The molecule has 1 aliphatic carbocycles. The van der Waals surface area contributed by atoms with Gasteiger partial charge in [0.15, 0.2) is 6.10 Å². The first-order valence-electron chi connectivity index (χ1n) is 9.80. The number of anilines is 1. The van der Waals surface area contributed by atoms with Gasteiger partial charge in [-0.25, -0.2) is 17.2 Å². The lowest BCUT2D eigenvalue weighted by Gasteiger charge is -2.24. The number of nitrogens with one attached hydrogen (secondary N) is 2. The molecule has 2 aromatic carbocycles.